The number of piperidine rings is 1. The number of hydrogen-bond donors (Lipinski definition) is 0. The van der Waals surface area contributed by atoms with Gasteiger partial charge in [-0.1, -0.05) is 11.8 Å². The number of nitrogens with zero attached hydrogens (tertiary/aromatic N) is 3. The largest absolute Gasteiger partial charge is 0.354 e. The molecule has 15 heavy (non-hydrogen) atoms. The fourth-order valence-corrected chi connectivity index (χ4v) is 2.38. The smallest absolute Gasteiger partial charge is 0.189 e. The van der Waals surface area contributed by atoms with Crippen molar-refractivity contribution in [3.8, 4) is 0 Å². The highest BCUT2D eigenvalue weighted by Gasteiger charge is 2.19. The van der Waals surface area contributed by atoms with Crippen molar-refractivity contribution in [3.63, 3.8) is 0 Å². The molecular formula is C11H17N3S. The summed E-state index contributed by atoms with van der Waals surface area (Å²) in [6, 6.07) is 2.63. The summed E-state index contributed by atoms with van der Waals surface area (Å²) in [6.45, 7) is 3.41. The summed E-state index contributed by atoms with van der Waals surface area (Å²) >= 11 is 1.60. The van der Waals surface area contributed by atoms with Crippen molar-refractivity contribution in [3.05, 3.63) is 12.3 Å². The van der Waals surface area contributed by atoms with E-state index in [0.29, 0.717) is 6.04 Å². The van der Waals surface area contributed by atoms with E-state index in [1.165, 1.54) is 19.3 Å². The highest BCUT2D eigenvalue weighted by atomic mass is 32.2. The second-order valence-electron chi connectivity index (χ2n) is 3.94. The second kappa shape index (κ2) is 4.84. The molecule has 3 nitrogen and oxygen atoms in total. The molecule has 0 saturated carbocycles. The van der Waals surface area contributed by atoms with Gasteiger partial charge in [0.15, 0.2) is 5.16 Å². The number of thioether (sulfide) groups is 1. The van der Waals surface area contributed by atoms with Crippen LogP contribution in [0.4, 0.5) is 5.82 Å². The lowest BCUT2D eigenvalue weighted by Crippen LogP contribution is -2.38. The van der Waals surface area contributed by atoms with Crippen LogP contribution < -0.4 is 4.90 Å². The van der Waals surface area contributed by atoms with E-state index in [1.54, 1.807) is 11.8 Å². The first-order valence-electron chi connectivity index (χ1n) is 5.45. The Labute approximate surface area is 95.3 Å². The standard InChI is InChI=1S/C11H17N3S/c1-9-5-3-4-8-14(9)10-6-7-12-11(13-10)15-2/h6-7,9H,3-5,8H2,1-2H3. The van der Waals surface area contributed by atoms with E-state index < -0.39 is 0 Å². The molecule has 0 aliphatic carbocycles. The normalized spacial score (nSPS) is 21.7. The van der Waals surface area contributed by atoms with Gasteiger partial charge in [-0.25, -0.2) is 9.97 Å². The lowest BCUT2D eigenvalue weighted by molar-refractivity contribution is 0.480. The highest BCUT2D eigenvalue weighted by Crippen LogP contribution is 2.23. The topological polar surface area (TPSA) is 29.0 Å². The fraction of sp³-hybridized carbons (Fsp3) is 0.636. The monoisotopic (exact) mass is 223 g/mol. The molecule has 1 aliphatic rings. The maximum atomic E-state index is 4.54. The van der Waals surface area contributed by atoms with Crippen molar-refractivity contribution < 1.29 is 0 Å². The summed E-state index contributed by atoms with van der Waals surface area (Å²) in [7, 11) is 0. The van der Waals surface area contributed by atoms with Crippen molar-refractivity contribution in [1.82, 2.24) is 9.97 Å². The van der Waals surface area contributed by atoms with Gasteiger partial charge >= 0.3 is 0 Å². The fourth-order valence-electron chi connectivity index (χ4n) is 2.03. The van der Waals surface area contributed by atoms with Gasteiger partial charge in [0.2, 0.25) is 0 Å². The maximum Gasteiger partial charge on any atom is 0.189 e. The molecule has 1 unspecified atom stereocenters. The highest BCUT2D eigenvalue weighted by molar-refractivity contribution is 7.98. The molecule has 4 heteroatoms. The number of aromatic nitrogens is 2. The first-order valence-corrected chi connectivity index (χ1v) is 6.67. The van der Waals surface area contributed by atoms with Crippen LogP contribution in [0, 0.1) is 0 Å². The zero-order valence-corrected chi connectivity index (χ0v) is 10.1. The minimum Gasteiger partial charge on any atom is -0.354 e. The van der Waals surface area contributed by atoms with E-state index in [9.17, 15) is 0 Å². The minimum atomic E-state index is 0.614. The zero-order chi connectivity index (χ0) is 10.7. The molecule has 82 valence electrons. The Bertz CT molecular complexity index is 329. The van der Waals surface area contributed by atoms with Crippen LogP contribution in [0.15, 0.2) is 17.4 Å². The predicted octanol–water partition coefficient (Wildman–Crippen LogP) is 2.58. The first-order chi connectivity index (χ1) is 7.31. The zero-order valence-electron chi connectivity index (χ0n) is 9.31. The summed E-state index contributed by atoms with van der Waals surface area (Å²) in [5.41, 5.74) is 0. The average molecular weight is 223 g/mol. The molecule has 1 fully saturated rings. The lowest BCUT2D eigenvalue weighted by atomic mass is 10.0. The van der Waals surface area contributed by atoms with E-state index in [0.717, 1.165) is 17.5 Å². The summed E-state index contributed by atoms with van der Waals surface area (Å²) in [4.78, 5) is 11.1. The van der Waals surface area contributed by atoms with E-state index in [-0.39, 0.29) is 0 Å². The van der Waals surface area contributed by atoms with Crippen molar-refractivity contribution in [1.29, 1.82) is 0 Å². The molecule has 2 rings (SSSR count). The average Bonchev–Trinajstić information content (AvgIpc) is 2.30. The minimum absolute atomic E-state index is 0.614. The molecule has 0 N–H and O–H groups in total. The third-order valence-corrected chi connectivity index (χ3v) is 3.46. The molecule has 0 radical (unpaired) electrons. The van der Waals surface area contributed by atoms with Gasteiger partial charge < -0.3 is 4.90 Å². The van der Waals surface area contributed by atoms with Crippen molar-refractivity contribution in [2.75, 3.05) is 17.7 Å². The SMILES string of the molecule is CSc1nccc(N2CCCCC2C)n1. The Hall–Kier alpha value is -0.770. The molecular weight excluding hydrogens is 206 g/mol. The molecule has 0 amide bonds. The summed E-state index contributed by atoms with van der Waals surface area (Å²) in [5.74, 6) is 1.08. The first kappa shape index (κ1) is 10.7. The molecule has 1 saturated heterocycles. The summed E-state index contributed by atoms with van der Waals surface area (Å²) in [6.07, 6.45) is 7.77. The van der Waals surface area contributed by atoms with E-state index in [1.807, 2.05) is 18.5 Å². The van der Waals surface area contributed by atoms with Crippen molar-refractivity contribution >= 4 is 17.6 Å². The molecule has 1 atom stereocenters. The van der Waals surface area contributed by atoms with Crippen LogP contribution in [0.3, 0.4) is 0 Å². The van der Waals surface area contributed by atoms with Gasteiger partial charge in [-0.15, -0.1) is 0 Å². The molecule has 1 aromatic heterocycles. The second-order valence-corrected chi connectivity index (χ2v) is 4.71. The van der Waals surface area contributed by atoms with Gasteiger partial charge in [0.1, 0.15) is 5.82 Å². The van der Waals surface area contributed by atoms with Gasteiger partial charge in [-0.05, 0) is 38.5 Å². The third kappa shape index (κ3) is 2.43. The van der Waals surface area contributed by atoms with Gasteiger partial charge in [0, 0.05) is 18.8 Å². The Morgan fingerprint density at radius 3 is 3.07 bits per heavy atom. The van der Waals surface area contributed by atoms with Crippen molar-refractivity contribution in [2.45, 2.75) is 37.4 Å². The predicted molar refractivity (Wildman–Crippen MR) is 64.5 cm³/mol. The van der Waals surface area contributed by atoms with Crippen LogP contribution >= 0.6 is 11.8 Å². The number of anilines is 1. The van der Waals surface area contributed by atoms with Gasteiger partial charge in [-0.3, -0.25) is 0 Å². The van der Waals surface area contributed by atoms with E-state index >= 15 is 0 Å². The molecule has 2 heterocycles. The Morgan fingerprint density at radius 1 is 1.47 bits per heavy atom. The quantitative estimate of drug-likeness (QED) is 0.569. The summed E-state index contributed by atoms with van der Waals surface area (Å²) in [5, 5.41) is 0.866. The van der Waals surface area contributed by atoms with E-state index in [2.05, 4.69) is 21.8 Å². The Morgan fingerprint density at radius 2 is 2.33 bits per heavy atom. The van der Waals surface area contributed by atoms with Crippen LogP contribution in [0.1, 0.15) is 26.2 Å². The Balaban J connectivity index is 2.19. The molecule has 1 aliphatic heterocycles. The van der Waals surface area contributed by atoms with Crippen LogP contribution in [-0.4, -0.2) is 28.8 Å². The number of hydrogen-bond acceptors (Lipinski definition) is 4. The Kier molecular flexibility index (Phi) is 3.46. The van der Waals surface area contributed by atoms with Gasteiger partial charge in [-0.2, -0.15) is 0 Å². The molecule has 1 aromatic rings. The molecule has 0 aromatic carbocycles. The molecule has 0 bridgehead atoms. The van der Waals surface area contributed by atoms with Crippen LogP contribution in [0.2, 0.25) is 0 Å². The lowest BCUT2D eigenvalue weighted by Gasteiger charge is -2.34. The summed E-state index contributed by atoms with van der Waals surface area (Å²) < 4.78 is 0. The van der Waals surface area contributed by atoms with Gasteiger partial charge in [0.25, 0.3) is 0 Å². The van der Waals surface area contributed by atoms with E-state index in [4.69, 9.17) is 0 Å². The maximum absolute atomic E-state index is 4.54. The number of rotatable bonds is 2. The third-order valence-electron chi connectivity index (χ3n) is 2.90. The van der Waals surface area contributed by atoms with Gasteiger partial charge in [0.05, 0.1) is 0 Å². The van der Waals surface area contributed by atoms with Crippen LogP contribution in [0.25, 0.3) is 0 Å². The van der Waals surface area contributed by atoms with Crippen molar-refractivity contribution in [2.24, 2.45) is 0 Å². The molecule has 0 spiro atoms. The van der Waals surface area contributed by atoms with Crippen LogP contribution in [0.5, 0.6) is 0 Å². The van der Waals surface area contributed by atoms with Crippen LogP contribution in [-0.2, 0) is 0 Å².